The number of aromatic carboxylic acids is 1. The van der Waals surface area contributed by atoms with E-state index in [0.717, 1.165) is 12.8 Å². The van der Waals surface area contributed by atoms with Gasteiger partial charge in [0.25, 0.3) is 0 Å². The van der Waals surface area contributed by atoms with Crippen LogP contribution < -0.4 is 9.47 Å². The Morgan fingerprint density at radius 2 is 2.11 bits per heavy atom. The van der Waals surface area contributed by atoms with Gasteiger partial charge in [-0.15, -0.1) is 0 Å². The Hall–Kier alpha value is -1.71. The summed E-state index contributed by atoms with van der Waals surface area (Å²) in [5, 5.41) is 9.17. The average Bonchev–Trinajstić information content (AvgIpc) is 2.31. The van der Waals surface area contributed by atoms with E-state index in [1.165, 1.54) is 6.07 Å². The molecule has 18 heavy (non-hydrogen) atoms. The minimum absolute atomic E-state index is 0.0327. The van der Waals surface area contributed by atoms with E-state index in [1.54, 1.807) is 12.1 Å². The molecule has 0 radical (unpaired) electrons. The van der Waals surface area contributed by atoms with E-state index >= 15 is 0 Å². The molecule has 0 aromatic heterocycles. The summed E-state index contributed by atoms with van der Waals surface area (Å²) in [6, 6.07) is 4.91. The van der Waals surface area contributed by atoms with E-state index in [4.69, 9.17) is 14.6 Å². The molecule has 100 valence electrons. The highest BCUT2D eigenvalue weighted by molar-refractivity contribution is 5.92. The van der Waals surface area contributed by atoms with Crippen LogP contribution in [0.1, 0.15) is 44.0 Å². The number of hydrogen-bond donors (Lipinski definition) is 1. The van der Waals surface area contributed by atoms with Crippen molar-refractivity contribution < 1.29 is 19.4 Å². The fourth-order valence-electron chi connectivity index (χ4n) is 1.74. The fourth-order valence-corrected chi connectivity index (χ4v) is 1.74. The number of carboxylic acid groups (broad SMARTS) is 1. The highest BCUT2D eigenvalue weighted by atomic mass is 16.5. The van der Waals surface area contributed by atoms with E-state index in [1.807, 2.05) is 13.8 Å². The second kappa shape index (κ2) is 6.89. The van der Waals surface area contributed by atoms with Crippen molar-refractivity contribution in [1.29, 1.82) is 0 Å². The summed E-state index contributed by atoms with van der Waals surface area (Å²) in [6.45, 7) is 6.32. The molecule has 0 aliphatic heterocycles. The first-order valence-electron chi connectivity index (χ1n) is 6.25. The van der Waals surface area contributed by atoms with Crippen LogP contribution in [0.15, 0.2) is 18.2 Å². The molecule has 0 heterocycles. The zero-order valence-corrected chi connectivity index (χ0v) is 11.1. The first-order chi connectivity index (χ1) is 8.60. The molecule has 4 heteroatoms. The number of para-hydroxylation sites is 1. The number of carbonyl (C=O) groups is 1. The summed E-state index contributed by atoms with van der Waals surface area (Å²) < 4.78 is 11.1. The second-order valence-electron chi connectivity index (χ2n) is 4.09. The summed E-state index contributed by atoms with van der Waals surface area (Å²) in [4.78, 5) is 11.2. The van der Waals surface area contributed by atoms with Crippen molar-refractivity contribution >= 4 is 5.97 Å². The molecule has 1 atom stereocenters. The van der Waals surface area contributed by atoms with Crippen LogP contribution in [-0.4, -0.2) is 23.8 Å². The standard InChI is InChI=1S/C14H20O4/c1-4-7-10(3)18-13-11(14(15)16)8-6-9-12(13)17-5-2/h6,8-10H,4-5,7H2,1-3H3,(H,15,16). The lowest BCUT2D eigenvalue weighted by Gasteiger charge is -2.18. The molecule has 1 unspecified atom stereocenters. The molecule has 0 spiro atoms. The predicted octanol–water partition coefficient (Wildman–Crippen LogP) is 3.35. The normalized spacial score (nSPS) is 11.9. The lowest BCUT2D eigenvalue weighted by molar-refractivity contribution is 0.0688. The molecular weight excluding hydrogens is 232 g/mol. The molecule has 1 N–H and O–H groups in total. The van der Waals surface area contributed by atoms with Gasteiger partial charge >= 0.3 is 5.97 Å². The first-order valence-corrected chi connectivity index (χ1v) is 6.25. The third-order valence-electron chi connectivity index (χ3n) is 2.52. The SMILES string of the molecule is CCCC(C)Oc1c(OCC)cccc1C(=O)O. The van der Waals surface area contributed by atoms with Crippen LogP contribution >= 0.6 is 0 Å². The lowest BCUT2D eigenvalue weighted by Crippen LogP contribution is -2.14. The van der Waals surface area contributed by atoms with Crippen molar-refractivity contribution in [1.82, 2.24) is 0 Å². The largest absolute Gasteiger partial charge is 0.490 e. The number of benzene rings is 1. The fraction of sp³-hybridized carbons (Fsp3) is 0.500. The number of hydrogen-bond acceptors (Lipinski definition) is 3. The van der Waals surface area contributed by atoms with Crippen LogP contribution in [0.25, 0.3) is 0 Å². The number of carboxylic acids is 1. The van der Waals surface area contributed by atoms with Gasteiger partial charge in [0.2, 0.25) is 0 Å². The maximum absolute atomic E-state index is 11.2. The van der Waals surface area contributed by atoms with Gasteiger partial charge in [-0.05, 0) is 32.4 Å². The summed E-state index contributed by atoms with van der Waals surface area (Å²) in [7, 11) is 0. The third kappa shape index (κ3) is 3.65. The average molecular weight is 252 g/mol. The van der Waals surface area contributed by atoms with Crippen LogP contribution in [0.2, 0.25) is 0 Å². The highest BCUT2D eigenvalue weighted by Crippen LogP contribution is 2.32. The molecule has 0 amide bonds. The van der Waals surface area contributed by atoms with Gasteiger partial charge < -0.3 is 14.6 Å². The maximum Gasteiger partial charge on any atom is 0.339 e. The minimum Gasteiger partial charge on any atom is -0.490 e. The highest BCUT2D eigenvalue weighted by Gasteiger charge is 2.18. The van der Waals surface area contributed by atoms with Gasteiger partial charge in [-0.25, -0.2) is 4.79 Å². The Bertz CT molecular complexity index is 401. The number of ether oxygens (including phenoxy) is 2. The summed E-state index contributed by atoms with van der Waals surface area (Å²) in [5.74, 6) is -0.191. The van der Waals surface area contributed by atoms with E-state index in [9.17, 15) is 4.79 Å². The summed E-state index contributed by atoms with van der Waals surface area (Å²) in [6.07, 6.45) is 1.83. The van der Waals surface area contributed by atoms with Gasteiger partial charge in [0, 0.05) is 0 Å². The van der Waals surface area contributed by atoms with Crippen LogP contribution in [0, 0.1) is 0 Å². The molecule has 1 aromatic rings. The monoisotopic (exact) mass is 252 g/mol. The Kier molecular flexibility index (Phi) is 5.49. The first kappa shape index (κ1) is 14.4. The van der Waals surface area contributed by atoms with E-state index < -0.39 is 5.97 Å². The zero-order chi connectivity index (χ0) is 13.5. The summed E-state index contributed by atoms with van der Waals surface area (Å²) >= 11 is 0. The van der Waals surface area contributed by atoms with Gasteiger partial charge in [0.1, 0.15) is 5.56 Å². The lowest BCUT2D eigenvalue weighted by atomic mass is 10.1. The van der Waals surface area contributed by atoms with Gasteiger partial charge in [-0.2, -0.15) is 0 Å². The molecule has 0 aliphatic rings. The second-order valence-corrected chi connectivity index (χ2v) is 4.09. The molecule has 0 bridgehead atoms. The van der Waals surface area contributed by atoms with Gasteiger partial charge in [-0.1, -0.05) is 19.4 Å². The Morgan fingerprint density at radius 3 is 2.67 bits per heavy atom. The van der Waals surface area contributed by atoms with E-state index in [-0.39, 0.29) is 11.7 Å². The van der Waals surface area contributed by atoms with Crippen LogP contribution in [0.3, 0.4) is 0 Å². The zero-order valence-electron chi connectivity index (χ0n) is 11.1. The Labute approximate surface area is 108 Å². The molecule has 1 rings (SSSR count). The van der Waals surface area contributed by atoms with Gasteiger partial charge in [0.15, 0.2) is 11.5 Å². The van der Waals surface area contributed by atoms with E-state index in [2.05, 4.69) is 6.92 Å². The predicted molar refractivity (Wildman–Crippen MR) is 69.6 cm³/mol. The van der Waals surface area contributed by atoms with Crippen molar-refractivity contribution in [3.63, 3.8) is 0 Å². The van der Waals surface area contributed by atoms with Crippen LogP contribution in [-0.2, 0) is 0 Å². The topological polar surface area (TPSA) is 55.8 Å². The van der Waals surface area contributed by atoms with Crippen molar-refractivity contribution in [2.75, 3.05) is 6.61 Å². The minimum atomic E-state index is -1.00. The van der Waals surface area contributed by atoms with Crippen molar-refractivity contribution in [3.05, 3.63) is 23.8 Å². The molecular formula is C14H20O4. The smallest absolute Gasteiger partial charge is 0.339 e. The maximum atomic E-state index is 11.2. The number of rotatable bonds is 7. The Morgan fingerprint density at radius 1 is 1.39 bits per heavy atom. The molecule has 0 aliphatic carbocycles. The molecule has 0 saturated heterocycles. The summed E-state index contributed by atoms with van der Waals surface area (Å²) in [5.41, 5.74) is 0.143. The van der Waals surface area contributed by atoms with Crippen molar-refractivity contribution in [2.24, 2.45) is 0 Å². The Balaban J connectivity index is 3.05. The van der Waals surface area contributed by atoms with Crippen molar-refractivity contribution in [2.45, 2.75) is 39.7 Å². The molecule has 4 nitrogen and oxygen atoms in total. The molecule has 0 fully saturated rings. The van der Waals surface area contributed by atoms with E-state index in [0.29, 0.717) is 18.1 Å². The van der Waals surface area contributed by atoms with Crippen LogP contribution in [0.5, 0.6) is 11.5 Å². The molecule has 0 saturated carbocycles. The quantitative estimate of drug-likeness (QED) is 0.808. The van der Waals surface area contributed by atoms with Crippen LogP contribution in [0.4, 0.5) is 0 Å². The molecule has 1 aromatic carbocycles. The van der Waals surface area contributed by atoms with Gasteiger partial charge in [-0.3, -0.25) is 0 Å². The third-order valence-corrected chi connectivity index (χ3v) is 2.52. The van der Waals surface area contributed by atoms with Gasteiger partial charge in [0.05, 0.1) is 12.7 Å². The van der Waals surface area contributed by atoms with Crippen molar-refractivity contribution in [3.8, 4) is 11.5 Å².